The molecular weight excluding hydrogens is 241 g/mol. The molecule has 1 aromatic carbocycles. The largest absolute Gasteiger partial charge is 0.383 e. The molecule has 19 heavy (non-hydrogen) atoms. The van der Waals surface area contributed by atoms with Crippen LogP contribution in [0.1, 0.15) is 5.56 Å². The standard InChI is InChI=1S/C15H12FN3/c1-9-3-2-4-11(16)14(9)13-6-5-10-12(19-13)7-8-18-15(10)17/h2-8H,1H3,(H2,17,18). The fourth-order valence-corrected chi connectivity index (χ4v) is 2.17. The number of benzene rings is 1. The Labute approximate surface area is 109 Å². The van der Waals surface area contributed by atoms with Crippen molar-refractivity contribution in [3.63, 3.8) is 0 Å². The van der Waals surface area contributed by atoms with Gasteiger partial charge in [0.25, 0.3) is 0 Å². The van der Waals surface area contributed by atoms with Gasteiger partial charge in [-0.3, -0.25) is 0 Å². The molecule has 0 atom stereocenters. The van der Waals surface area contributed by atoms with Gasteiger partial charge in [0, 0.05) is 17.1 Å². The van der Waals surface area contributed by atoms with Crippen molar-refractivity contribution in [2.24, 2.45) is 0 Å². The molecule has 0 saturated heterocycles. The number of nitrogens with two attached hydrogens (primary N) is 1. The van der Waals surface area contributed by atoms with Gasteiger partial charge >= 0.3 is 0 Å². The molecule has 0 unspecified atom stereocenters. The van der Waals surface area contributed by atoms with E-state index in [0.29, 0.717) is 22.6 Å². The number of nitrogens with zero attached hydrogens (tertiary/aromatic N) is 2. The fraction of sp³-hybridized carbons (Fsp3) is 0.0667. The van der Waals surface area contributed by atoms with Crippen molar-refractivity contribution in [1.29, 1.82) is 0 Å². The zero-order chi connectivity index (χ0) is 13.4. The highest BCUT2D eigenvalue weighted by molar-refractivity contribution is 5.89. The van der Waals surface area contributed by atoms with Crippen molar-refractivity contribution in [1.82, 2.24) is 9.97 Å². The Bertz CT molecular complexity index is 748. The van der Waals surface area contributed by atoms with Crippen LogP contribution in [-0.4, -0.2) is 9.97 Å². The third kappa shape index (κ3) is 1.91. The first kappa shape index (κ1) is 11.6. The molecule has 0 radical (unpaired) electrons. The first-order valence-electron chi connectivity index (χ1n) is 5.93. The molecule has 3 nitrogen and oxygen atoms in total. The molecular formula is C15H12FN3. The van der Waals surface area contributed by atoms with Crippen LogP contribution in [0.5, 0.6) is 0 Å². The van der Waals surface area contributed by atoms with Gasteiger partial charge in [0.2, 0.25) is 0 Å². The van der Waals surface area contributed by atoms with Gasteiger partial charge in [-0.05, 0) is 36.8 Å². The lowest BCUT2D eigenvalue weighted by Gasteiger charge is -2.08. The Balaban J connectivity index is 2.27. The molecule has 0 spiro atoms. The Hall–Kier alpha value is -2.49. The summed E-state index contributed by atoms with van der Waals surface area (Å²) in [6.07, 6.45) is 1.60. The minimum atomic E-state index is -0.270. The molecule has 0 amide bonds. The second kappa shape index (κ2) is 4.31. The molecule has 0 fully saturated rings. The van der Waals surface area contributed by atoms with Crippen LogP contribution in [0.25, 0.3) is 22.2 Å². The summed E-state index contributed by atoms with van der Waals surface area (Å²) in [5.74, 6) is 0.163. The molecule has 3 aromatic rings. The quantitative estimate of drug-likeness (QED) is 0.723. The summed E-state index contributed by atoms with van der Waals surface area (Å²) in [5, 5.41) is 0.778. The Morgan fingerprint density at radius 3 is 2.74 bits per heavy atom. The van der Waals surface area contributed by atoms with Crippen LogP contribution >= 0.6 is 0 Å². The van der Waals surface area contributed by atoms with Gasteiger partial charge in [-0.1, -0.05) is 12.1 Å². The molecule has 0 aliphatic heterocycles. The van der Waals surface area contributed by atoms with Crippen LogP contribution in [0, 0.1) is 12.7 Å². The lowest BCUT2D eigenvalue weighted by Crippen LogP contribution is -1.95. The number of hydrogen-bond donors (Lipinski definition) is 1. The minimum absolute atomic E-state index is 0.270. The van der Waals surface area contributed by atoms with E-state index in [1.807, 2.05) is 19.1 Å². The van der Waals surface area contributed by atoms with Crippen molar-refractivity contribution < 1.29 is 4.39 Å². The van der Waals surface area contributed by atoms with Crippen LogP contribution in [0.2, 0.25) is 0 Å². The first-order chi connectivity index (χ1) is 9.16. The number of rotatable bonds is 1. The summed E-state index contributed by atoms with van der Waals surface area (Å²) in [4.78, 5) is 8.48. The van der Waals surface area contributed by atoms with E-state index in [9.17, 15) is 4.39 Å². The van der Waals surface area contributed by atoms with Gasteiger partial charge in [0.1, 0.15) is 11.6 Å². The Kier molecular flexibility index (Phi) is 2.63. The van der Waals surface area contributed by atoms with E-state index in [4.69, 9.17) is 5.73 Å². The van der Waals surface area contributed by atoms with Gasteiger partial charge in [-0.15, -0.1) is 0 Å². The van der Waals surface area contributed by atoms with E-state index >= 15 is 0 Å². The zero-order valence-corrected chi connectivity index (χ0v) is 10.4. The van der Waals surface area contributed by atoms with E-state index in [0.717, 1.165) is 10.9 Å². The molecule has 4 heteroatoms. The number of nitrogen functional groups attached to an aromatic ring is 1. The summed E-state index contributed by atoms with van der Waals surface area (Å²) in [6, 6.07) is 10.4. The first-order valence-corrected chi connectivity index (χ1v) is 5.93. The van der Waals surface area contributed by atoms with Crippen molar-refractivity contribution in [2.45, 2.75) is 6.92 Å². The number of halogens is 1. The summed E-state index contributed by atoms with van der Waals surface area (Å²) in [6.45, 7) is 1.87. The summed E-state index contributed by atoms with van der Waals surface area (Å²) < 4.78 is 13.9. The fourth-order valence-electron chi connectivity index (χ4n) is 2.17. The van der Waals surface area contributed by atoms with Gasteiger partial charge in [-0.25, -0.2) is 14.4 Å². The molecule has 94 valence electrons. The smallest absolute Gasteiger partial charge is 0.132 e. The van der Waals surface area contributed by atoms with Gasteiger partial charge in [0.15, 0.2) is 0 Å². The average Bonchev–Trinajstić information content (AvgIpc) is 2.39. The molecule has 2 N–H and O–H groups in total. The maximum absolute atomic E-state index is 13.9. The maximum atomic E-state index is 13.9. The van der Waals surface area contributed by atoms with E-state index in [-0.39, 0.29) is 5.82 Å². The number of aryl methyl sites for hydroxylation is 1. The van der Waals surface area contributed by atoms with Gasteiger partial charge in [0.05, 0.1) is 11.2 Å². The van der Waals surface area contributed by atoms with Crippen LogP contribution in [0.15, 0.2) is 42.6 Å². The lowest BCUT2D eigenvalue weighted by atomic mass is 10.0. The van der Waals surface area contributed by atoms with E-state index in [1.165, 1.54) is 6.07 Å². The normalized spacial score (nSPS) is 10.8. The third-order valence-corrected chi connectivity index (χ3v) is 3.12. The van der Waals surface area contributed by atoms with Crippen LogP contribution in [-0.2, 0) is 0 Å². The number of aromatic nitrogens is 2. The highest BCUT2D eigenvalue weighted by atomic mass is 19.1. The molecule has 2 heterocycles. The molecule has 0 saturated carbocycles. The van der Waals surface area contributed by atoms with Crippen molar-refractivity contribution >= 4 is 16.7 Å². The van der Waals surface area contributed by atoms with Gasteiger partial charge < -0.3 is 5.73 Å². The van der Waals surface area contributed by atoms with Gasteiger partial charge in [-0.2, -0.15) is 0 Å². The predicted molar refractivity (Wildman–Crippen MR) is 74.1 cm³/mol. The minimum Gasteiger partial charge on any atom is -0.383 e. The predicted octanol–water partition coefficient (Wildman–Crippen LogP) is 3.33. The Morgan fingerprint density at radius 1 is 1.11 bits per heavy atom. The van der Waals surface area contributed by atoms with E-state index in [2.05, 4.69) is 9.97 Å². The summed E-state index contributed by atoms with van der Waals surface area (Å²) in [7, 11) is 0. The highest BCUT2D eigenvalue weighted by Crippen LogP contribution is 2.27. The molecule has 0 aliphatic rings. The second-order valence-electron chi connectivity index (χ2n) is 4.39. The maximum Gasteiger partial charge on any atom is 0.132 e. The number of anilines is 1. The molecule has 0 aliphatic carbocycles. The Morgan fingerprint density at radius 2 is 1.95 bits per heavy atom. The van der Waals surface area contributed by atoms with E-state index in [1.54, 1.807) is 24.4 Å². The topological polar surface area (TPSA) is 51.8 Å². The lowest BCUT2D eigenvalue weighted by molar-refractivity contribution is 0.630. The van der Waals surface area contributed by atoms with Crippen LogP contribution in [0.3, 0.4) is 0 Å². The van der Waals surface area contributed by atoms with Crippen molar-refractivity contribution in [3.05, 3.63) is 54.0 Å². The highest BCUT2D eigenvalue weighted by Gasteiger charge is 2.10. The summed E-state index contributed by atoms with van der Waals surface area (Å²) in [5.41, 5.74) is 8.48. The number of hydrogen-bond acceptors (Lipinski definition) is 3. The zero-order valence-electron chi connectivity index (χ0n) is 10.4. The van der Waals surface area contributed by atoms with E-state index < -0.39 is 0 Å². The number of fused-ring (bicyclic) bond motifs is 1. The SMILES string of the molecule is Cc1cccc(F)c1-c1ccc2c(N)nccc2n1. The molecule has 2 aromatic heterocycles. The van der Waals surface area contributed by atoms with Crippen molar-refractivity contribution in [3.8, 4) is 11.3 Å². The molecule has 0 bridgehead atoms. The monoisotopic (exact) mass is 253 g/mol. The molecule has 3 rings (SSSR count). The third-order valence-electron chi connectivity index (χ3n) is 3.12. The van der Waals surface area contributed by atoms with Crippen LogP contribution in [0.4, 0.5) is 10.2 Å². The average molecular weight is 253 g/mol. The van der Waals surface area contributed by atoms with Crippen molar-refractivity contribution in [2.75, 3.05) is 5.73 Å². The number of pyridine rings is 2. The summed E-state index contributed by atoms with van der Waals surface area (Å²) >= 11 is 0. The second-order valence-corrected chi connectivity index (χ2v) is 4.39. The van der Waals surface area contributed by atoms with Crippen LogP contribution < -0.4 is 5.73 Å².